The second-order valence-corrected chi connectivity index (χ2v) is 14.6. The van der Waals surface area contributed by atoms with Crippen molar-refractivity contribution in [2.45, 2.75) is 108 Å². The topological polar surface area (TPSA) is 86.7 Å². The van der Waals surface area contributed by atoms with Gasteiger partial charge in [-0.15, -0.1) is 0 Å². The Bertz CT molecular complexity index is 1560. The Kier molecular flexibility index (Phi) is 15.3. The predicted octanol–water partition coefficient (Wildman–Crippen LogP) is 10.0. The molecule has 0 aromatic heterocycles. The first-order chi connectivity index (χ1) is 23.2. The molecule has 0 spiro atoms. The molecule has 50 heavy (non-hydrogen) atoms. The monoisotopic (exact) mass is 680 g/mol. The van der Waals surface area contributed by atoms with E-state index >= 15 is 0 Å². The molecular weight excluding hydrogens is 624 g/mol. The molecule has 268 valence electrons. The molecule has 0 amide bonds. The first kappa shape index (κ1) is 41.6. The quantitative estimate of drug-likeness (QED) is 0.151. The van der Waals surface area contributed by atoms with Gasteiger partial charge in [0.1, 0.15) is 0 Å². The summed E-state index contributed by atoms with van der Waals surface area (Å²) in [5.74, 6) is -1.13. The van der Waals surface area contributed by atoms with Crippen LogP contribution in [-0.4, -0.2) is 35.7 Å². The lowest BCUT2D eigenvalue weighted by molar-refractivity contribution is -0.154. The van der Waals surface area contributed by atoms with Gasteiger partial charge in [-0.05, 0) is 74.7 Å². The molecule has 0 saturated heterocycles. The van der Waals surface area contributed by atoms with E-state index in [4.69, 9.17) is 9.47 Å². The first-order valence-corrected chi connectivity index (χ1v) is 17.2. The zero-order chi connectivity index (χ0) is 37.8. The van der Waals surface area contributed by atoms with Crippen molar-refractivity contribution in [3.8, 4) is 0 Å². The van der Waals surface area contributed by atoms with Gasteiger partial charge in [-0.2, -0.15) is 0 Å². The van der Waals surface area contributed by atoms with Gasteiger partial charge in [0.2, 0.25) is 0 Å². The van der Waals surface area contributed by atoms with Gasteiger partial charge in [0, 0.05) is 26.7 Å². The summed E-state index contributed by atoms with van der Waals surface area (Å²) < 4.78 is 10.5. The molecule has 2 unspecified atom stereocenters. The molecule has 2 atom stereocenters. The smallest absolute Gasteiger partial charge is 0.303 e. The third-order valence-electron chi connectivity index (χ3n) is 8.89. The number of ether oxygens (including phenoxy) is 2. The van der Waals surface area contributed by atoms with E-state index in [2.05, 4.69) is 27.7 Å². The van der Waals surface area contributed by atoms with Crippen LogP contribution in [0.3, 0.4) is 0 Å². The molecule has 2 rings (SSSR count). The lowest BCUT2D eigenvalue weighted by Crippen LogP contribution is -2.38. The molecule has 0 saturated carbocycles. The molecule has 0 bridgehead atoms. The summed E-state index contributed by atoms with van der Waals surface area (Å²) in [6.45, 7) is 22.7. The van der Waals surface area contributed by atoms with Crippen molar-refractivity contribution in [3.63, 3.8) is 0 Å². The maximum absolute atomic E-state index is 12.8. The number of hydrogen-bond acceptors (Lipinski definition) is 6. The highest BCUT2D eigenvalue weighted by atomic mass is 16.5. The average Bonchev–Trinajstić information content (AvgIpc) is 2.99. The number of esters is 2. The third-order valence-corrected chi connectivity index (χ3v) is 8.89. The number of ketones is 2. The lowest BCUT2D eigenvalue weighted by Gasteiger charge is -2.36. The molecule has 0 aromatic rings. The van der Waals surface area contributed by atoms with Gasteiger partial charge in [-0.1, -0.05) is 135 Å². The predicted molar refractivity (Wildman–Crippen MR) is 204 cm³/mol. The van der Waals surface area contributed by atoms with E-state index in [1.54, 1.807) is 13.8 Å². The van der Waals surface area contributed by atoms with Crippen LogP contribution in [-0.2, 0) is 28.7 Å². The molecule has 0 N–H and O–H groups in total. The Morgan fingerprint density at radius 3 is 1.16 bits per heavy atom. The van der Waals surface area contributed by atoms with E-state index in [-0.39, 0.29) is 22.4 Å². The van der Waals surface area contributed by atoms with Gasteiger partial charge in [-0.3, -0.25) is 19.2 Å². The van der Waals surface area contributed by atoms with E-state index < -0.39 is 24.1 Å². The number of rotatable bonds is 12. The fourth-order valence-electron chi connectivity index (χ4n) is 6.16. The molecule has 6 heteroatoms. The normalized spacial score (nSPS) is 22.7. The Hall–Kier alpha value is -4.58. The molecule has 2 aliphatic rings. The van der Waals surface area contributed by atoms with Crippen LogP contribution < -0.4 is 0 Å². The van der Waals surface area contributed by atoms with Crippen LogP contribution in [0, 0.1) is 10.8 Å². The van der Waals surface area contributed by atoms with Crippen molar-refractivity contribution in [1.29, 1.82) is 0 Å². The summed E-state index contributed by atoms with van der Waals surface area (Å²) in [7, 11) is 0. The van der Waals surface area contributed by atoms with Crippen molar-refractivity contribution in [2.24, 2.45) is 10.8 Å². The molecule has 0 radical (unpaired) electrons. The first-order valence-electron chi connectivity index (χ1n) is 17.2. The minimum Gasteiger partial charge on any atom is -0.454 e. The third kappa shape index (κ3) is 12.7. The molecule has 2 aliphatic carbocycles. The van der Waals surface area contributed by atoms with Crippen LogP contribution in [0.2, 0.25) is 0 Å². The lowest BCUT2D eigenvalue weighted by atomic mass is 9.71. The highest BCUT2D eigenvalue weighted by Crippen LogP contribution is 2.42. The van der Waals surface area contributed by atoms with Gasteiger partial charge in [0.05, 0.1) is 0 Å². The minimum absolute atomic E-state index is 0.127. The Balaban J connectivity index is 1.98. The number of Topliss-reactive ketones (excluding diaryl/α,β-unsaturated/α-hetero) is 2. The Morgan fingerprint density at radius 1 is 0.540 bits per heavy atom. The highest BCUT2D eigenvalue weighted by Gasteiger charge is 2.40. The molecule has 0 aromatic carbocycles. The van der Waals surface area contributed by atoms with E-state index in [0.29, 0.717) is 24.0 Å². The summed E-state index contributed by atoms with van der Waals surface area (Å²) >= 11 is 0. The second kappa shape index (κ2) is 18.4. The van der Waals surface area contributed by atoms with Gasteiger partial charge < -0.3 is 9.47 Å². The van der Waals surface area contributed by atoms with E-state index in [1.807, 2.05) is 113 Å². The van der Waals surface area contributed by atoms with Gasteiger partial charge in [0.15, 0.2) is 23.8 Å². The van der Waals surface area contributed by atoms with Gasteiger partial charge >= 0.3 is 11.9 Å². The Labute approximate surface area is 300 Å². The maximum atomic E-state index is 12.8. The van der Waals surface area contributed by atoms with Crippen LogP contribution in [0.15, 0.2) is 130 Å². The van der Waals surface area contributed by atoms with Crippen molar-refractivity contribution in [1.82, 2.24) is 0 Å². The van der Waals surface area contributed by atoms with E-state index in [9.17, 15) is 19.2 Å². The maximum Gasteiger partial charge on any atom is 0.303 e. The standard InChI is InChI=1S/C44H56O6/c1-29(19-15-21-31(3)23-25-37-33(5)41(47)39(49-35(7)45)27-43(37,9)10)17-13-14-18-30(2)20-16-22-32(4)24-26-38-34(6)42(48)40(50-36(8)46)28-44(38,11)12/h13-26,39-40H,27-28H2,1-12H3/b14-13+,19-15+,20-16+,25-23+,26-24+,29-17-,30-18+,31-21+,32-22-. The number of carbonyl (C=O) groups excluding carboxylic acids is 4. The molecule has 0 aliphatic heterocycles. The zero-order valence-corrected chi connectivity index (χ0v) is 32.1. The van der Waals surface area contributed by atoms with Gasteiger partial charge in [-0.25, -0.2) is 0 Å². The molecule has 0 fully saturated rings. The van der Waals surface area contributed by atoms with Crippen molar-refractivity contribution in [2.75, 3.05) is 0 Å². The summed E-state index contributed by atoms with van der Waals surface area (Å²) in [5, 5.41) is 0. The number of allylic oxidation sites excluding steroid dienone is 20. The fraction of sp³-hybridized carbons (Fsp3) is 0.409. The minimum atomic E-state index is -0.719. The Morgan fingerprint density at radius 2 is 0.840 bits per heavy atom. The van der Waals surface area contributed by atoms with Crippen LogP contribution >= 0.6 is 0 Å². The SMILES string of the molecule is CC(=O)OC1CC(C)(C)C(/C=C/C(C)=C\C=C\C(C)=C\C=C\C=C(C)/C=C/C=C(C)/C=C/C2=C(C)C(=O)C(OC(C)=O)CC2(C)C)=C(C)C1=O. The highest BCUT2D eigenvalue weighted by molar-refractivity contribution is 6.02. The summed E-state index contributed by atoms with van der Waals surface area (Å²) in [5.41, 5.74) is 6.94. The second-order valence-electron chi connectivity index (χ2n) is 14.6. The summed E-state index contributed by atoms with van der Waals surface area (Å²) in [6.07, 6.45) is 27.8. The largest absolute Gasteiger partial charge is 0.454 e. The number of carbonyl (C=O) groups is 4. The van der Waals surface area contributed by atoms with Crippen LogP contribution in [0.5, 0.6) is 0 Å². The van der Waals surface area contributed by atoms with Crippen LogP contribution in [0.4, 0.5) is 0 Å². The van der Waals surface area contributed by atoms with Gasteiger partial charge in [0.25, 0.3) is 0 Å². The summed E-state index contributed by atoms with van der Waals surface area (Å²) in [6, 6.07) is 0. The van der Waals surface area contributed by atoms with Crippen molar-refractivity contribution >= 4 is 23.5 Å². The molecule has 6 nitrogen and oxygen atoms in total. The van der Waals surface area contributed by atoms with Crippen molar-refractivity contribution in [3.05, 3.63) is 130 Å². The van der Waals surface area contributed by atoms with E-state index in [0.717, 1.165) is 33.4 Å². The average molecular weight is 681 g/mol. The van der Waals surface area contributed by atoms with Crippen LogP contribution in [0.1, 0.15) is 95.9 Å². The van der Waals surface area contributed by atoms with E-state index in [1.165, 1.54) is 13.8 Å². The fourth-order valence-corrected chi connectivity index (χ4v) is 6.16. The molecular formula is C44H56O6. The van der Waals surface area contributed by atoms with Crippen LogP contribution in [0.25, 0.3) is 0 Å². The summed E-state index contributed by atoms with van der Waals surface area (Å²) in [4.78, 5) is 48.4. The molecule has 0 heterocycles. The van der Waals surface area contributed by atoms with Crippen molar-refractivity contribution < 1.29 is 28.7 Å². The number of hydrogen-bond donors (Lipinski definition) is 0. The zero-order valence-electron chi connectivity index (χ0n) is 32.1.